The van der Waals surface area contributed by atoms with Crippen molar-refractivity contribution in [3.63, 3.8) is 0 Å². The van der Waals surface area contributed by atoms with Crippen LogP contribution in [0.4, 0.5) is 14.5 Å². The summed E-state index contributed by atoms with van der Waals surface area (Å²) in [6, 6.07) is 4.76. The van der Waals surface area contributed by atoms with Crippen LogP contribution in [0.2, 0.25) is 0 Å². The maximum atomic E-state index is 12.2. The summed E-state index contributed by atoms with van der Waals surface area (Å²) >= 11 is 0. The van der Waals surface area contributed by atoms with Crippen LogP contribution in [0.25, 0.3) is 0 Å². The molecule has 1 aromatic carbocycles. The highest BCUT2D eigenvalue weighted by atomic mass is 35.5. The lowest BCUT2D eigenvalue weighted by molar-refractivity contribution is -0.118. The van der Waals surface area contributed by atoms with E-state index in [-0.39, 0.29) is 24.1 Å². The number of nitrogens with one attached hydrogen (secondary N) is 1. The van der Waals surface area contributed by atoms with Crippen LogP contribution >= 0.6 is 12.4 Å². The van der Waals surface area contributed by atoms with Gasteiger partial charge in [-0.15, -0.1) is 12.4 Å². The maximum absolute atomic E-state index is 12.2. The number of amides is 1. The number of carbonyl (C=O) groups excluding carboxylic acids is 1. The molecule has 0 saturated carbocycles. The van der Waals surface area contributed by atoms with Gasteiger partial charge >= 0.3 is 6.61 Å². The summed E-state index contributed by atoms with van der Waals surface area (Å²) in [6.07, 6.45) is 2.02. The highest BCUT2D eigenvalue weighted by molar-refractivity contribution is 5.94. The first kappa shape index (κ1) is 17.7. The average Bonchev–Trinajstić information content (AvgIpc) is 2.43. The minimum absolute atomic E-state index is 0. The molecule has 1 aliphatic heterocycles. The third-order valence-corrected chi connectivity index (χ3v) is 3.28. The summed E-state index contributed by atoms with van der Waals surface area (Å²) in [6.45, 7) is -1.54. The van der Waals surface area contributed by atoms with Crippen molar-refractivity contribution < 1.29 is 18.3 Å². The lowest BCUT2D eigenvalue weighted by atomic mass is 10.0. The van der Waals surface area contributed by atoms with Crippen LogP contribution in [0.1, 0.15) is 18.4 Å². The van der Waals surface area contributed by atoms with Gasteiger partial charge in [-0.1, -0.05) is 0 Å². The number of benzene rings is 1. The molecule has 118 valence electrons. The van der Waals surface area contributed by atoms with Crippen molar-refractivity contribution in [1.29, 1.82) is 0 Å². The number of aryl methyl sites for hydroxylation is 1. The smallest absolute Gasteiger partial charge is 0.387 e. The fourth-order valence-corrected chi connectivity index (χ4v) is 2.38. The van der Waals surface area contributed by atoms with Crippen LogP contribution in [-0.4, -0.2) is 32.7 Å². The lowest BCUT2D eigenvalue weighted by Gasteiger charge is -2.30. The van der Waals surface area contributed by atoms with Crippen LogP contribution in [0, 0.1) is 0 Å². The third kappa shape index (κ3) is 4.54. The Morgan fingerprint density at radius 1 is 1.48 bits per heavy atom. The largest absolute Gasteiger partial charge is 0.435 e. The molecule has 1 N–H and O–H groups in total. The normalized spacial score (nSPS) is 13.6. The van der Waals surface area contributed by atoms with Crippen LogP contribution in [0.5, 0.6) is 5.75 Å². The number of alkyl halides is 2. The van der Waals surface area contributed by atoms with Gasteiger partial charge in [-0.05, 0) is 43.7 Å². The first-order valence-corrected chi connectivity index (χ1v) is 6.64. The topological polar surface area (TPSA) is 41.6 Å². The maximum Gasteiger partial charge on any atom is 0.387 e. The van der Waals surface area contributed by atoms with Crippen molar-refractivity contribution in [3.8, 4) is 5.75 Å². The van der Waals surface area contributed by atoms with Gasteiger partial charge in [0.15, 0.2) is 0 Å². The van der Waals surface area contributed by atoms with E-state index in [2.05, 4.69) is 10.1 Å². The Hall–Kier alpha value is -1.40. The quantitative estimate of drug-likeness (QED) is 0.906. The van der Waals surface area contributed by atoms with E-state index in [0.717, 1.165) is 24.1 Å². The Labute approximate surface area is 128 Å². The highest BCUT2D eigenvalue weighted by Gasteiger charge is 2.22. The fourth-order valence-electron chi connectivity index (χ4n) is 2.38. The zero-order chi connectivity index (χ0) is 14.5. The zero-order valence-corrected chi connectivity index (χ0v) is 12.6. The number of halogens is 3. The van der Waals surface area contributed by atoms with Crippen LogP contribution < -0.4 is 15.0 Å². The molecule has 0 aromatic heterocycles. The van der Waals surface area contributed by atoms with E-state index in [4.69, 9.17) is 0 Å². The molecule has 0 spiro atoms. The zero-order valence-electron chi connectivity index (χ0n) is 11.8. The number of anilines is 1. The number of ether oxygens (including phenoxy) is 1. The van der Waals surface area contributed by atoms with Gasteiger partial charge in [0, 0.05) is 25.2 Å². The number of hydrogen-bond donors (Lipinski definition) is 1. The second kappa shape index (κ2) is 8.14. The van der Waals surface area contributed by atoms with Gasteiger partial charge in [0.05, 0.1) is 0 Å². The summed E-state index contributed by atoms with van der Waals surface area (Å²) in [5.74, 6) is 0.186. The first-order chi connectivity index (χ1) is 9.61. The number of carbonyl (C=O) groups is 1. The molecule has 1 heterocycles. The van der Waals surface area contributed by atoms with Gasteiger partial charge in [-0.3, -0.25) is 4.79 Å². The van der Waals surface area contributed by atoms with E-state index in [1.165, 1.54) is 6.07 Å². The average molecular weight is 321 g/mol. The molecule has 1 aliphatic rings. The molecule has 0 fully saturated rings. The van der Waals surface area contributed by atoms with Crippen LogP contribution in [-0.2, 0) is 11.2 Å². The Bertz CT molecular complexity index is 486. The summed E-state index contributed by atoms with van der Waals surface area (Å²) in [5.41, 5.74) is 1.69. The summed E-state index contributed by atoms with van der Waals surface area (Å²) in [4.78, 5) is 13.8. The number of nitrogens with zero attached hydrogens (tertiary/aromatic N) is 1. The van der Waals surface area contributed by atoms with E-state index in [9.17, 15) is 13.6 Å². The van der Waals surface area contributed by atoms with Gasteiger partial charge in [0.25, 0.3) is 0 Å². The summed E-state index contributed by atoms with van der Waals surface area (Å²) < 4.78 is 28.8. The Balaban J connectivity index is 0.00000220. The van der Waals surface area contributed by atoms with Crippen molar-refractivity contribution in [3.05, 3.63) is 23.8 Å². The van der Waals surface area contributed by atoms with E-state index >= 15 is 0 Å². The Morgan fingerprint density at radius 2 is 2.24 bits per heavy atom. The second-order valence-corrected chi connectivity index (χ2v) is 4.67. The molecule has 7 heteroatoms. The SMILES string of the molecule is CNCCC(=O)N1CCCc2cc(OC(F)F)ccc21.Cl. The van der Waals surface area contributed by atoms with Gasteiger partial charge in [-0.2, -0.15) is 8.78 Å². The lowest BCUT2D eigenvalue weighted by Crippen LogP contribution is -2.36. The van der Waals surface area contributed by atoms with Gasteiger partial charge in [0.2, 0.25) is 5.91 Å². The molecule has 21 heavy (non-hydrogen) atoms. The first-order valence-electron chi connectivity index (χ1n) is 6.64. The highest BCUT2D eigenvalue weighted by Crippen LogP contribution is 2.31. The van der Waals surface area contributed by atoms with Crippen molar-refractivity contribution in [2.45, 2.75) is 25.9 Å². The van der Waals surface area contributed by atoms with Crippen molar-refractivity contribution in [2.75, 3.05) is 25.0 Å². The van der Waals surface area contributed by atoms with Crippen molar-refractivity contribution in [2.24, 2.45) is 0 Å². The minimum Gasteiger partial charge on any atom is -0.435 e. The monoisotopic (exact) mass is 320 g/mol. The predicted molar refractivity (Wildman–Crippen MR) is 79.5 cm³/mol. The van der Waals surface area contributed by atoms with Gasteiger partial charge in [-0.25, -0.2) is 0 Å². The number of fused-ring (bicyclic) bond motifs is 1. The number of hydrogen-bond acceptors (Lipinski definition) is 3. The molecule has 0 atom stereocenters. The molecule has 0 bridgehead atoms. The summed E-state index contributed by atoms with van der Waals surface area (Å²) in [5, 5.41) is 2.94. The molecular weight excluding hydrogens is 302 g/mol. The number of rotatable bonds is 5. The summed E-state index contributed by atoms with van der Waals surface area (Å²) in [7, 11) is 1.80. The van der Waals surface area contributed by atoms with Crippen molar-refractivity contribution in [1.82, 2.24) is 5.32 Å². The molecule has 1 amide bonds. The fraction of sp³-hybridized carbons (Fsp3) is 0.500. The molecule has 0 saturated heterocycles. The van der Waals surface area contributed by atoms with E-state index in [1.807, 2.05) is 0 Å². The molecular formula is C14H19ClF2N2O2. The molecule has 0 radical (unpaired) electrons. The van der Waals surface area contributed by atoms with Crippen molar-refractivity contribution >= 4 is 24.0 Å². The second-order valence-electron chi connectivity index (χ2n) is 4.67. The standard InChI is InChI=1S/C14H18F2N2O2.ClH/c1-17-7-6-13(19)18-8-2-3-10-9-11(20-14(15)16)4-5-12(10)18;/h4-5,9,14,17H,2-3,6-8H2,1H3;1H. The molecule has 0 aliphatic carbocycles. The molecule has 0 unspecified atom stereocenters. The minimum atomic E-state index is -2.83. The Kier molecular flexibility index (Phi) is 6.84. The van der Waals surface area contributed by atoms with E-state index < -0.39 is 6.61 Å². The van der Waals surface area contributed by atoms with Crippen LogP contribution in [0.3, 0.4) is 0 Å². The van der Waals surface area contributed by atoms with E-state index in [0.29, 0.717) is 19.5 Å². The Morgan fingerprint density at radius 3 is 2.90 bits per heavy atom. The predicted octanol–water partition coefficient (Wildman–Crippen LogP) is 2.60. The van der Waals surface area contributed by atoms with Gasteiger partial charge in [0.1, 0.15) is 5.75 Å². The van der Waals surface area contributed by atoms with Crippen LogP contribution in [0.15, 0.2) is 18.2 Å². The third-order valence-electron chi connectivity index (χ3n) is 3.28. The molecule has 2 rings (SSSR count). The van der Waals surface area contributed by atoms with Gasteiger partial charge < -0.3 is 15.0 Å². The molecule has 4 nitrogen and oxygen atoms in total. The van der Waals surface area contributed by atoms with E-state index in [1.54, 1.807) is 24.1 Å². The molecule has 1 aromatic rings.